The minimum absolute atomic E-state index is 0.199. The number of halogens is 1. The molecule has 0 spiro atoms. The maximum Gasteiger partial charge on any atom is 0.259 e. The number of carbonyl (C=O) groups is 2. The minimum Gasteiger partial charge on any atom is -0.497 e. The van der Waals surface area contributed by atoms with E-state index in [1.54, 1.807) is 42.5 Å². The van der Waals surface area contributed by atoms with Crippen LogP contribution >= 0.6 is 11.6 Å². The van der Waals surface area contributed by atoms with E-state index in [9.17, 15) is 9.59 Å². The number of benzene rings is 2. The first kappa shape index (κ1) is 15.1. The maximum absolute atomic E-state index is 12.5. The van der Waals surface area contributed by atoms with Crippen LogP contribution in [0.1, 0.15) is 15.9 Å². The highest BCUT2D eigenvalue weighted by Gasteiger charge is 2.16. The fourth-order valence-corrected chi connectivity index (χ4v) is 1.87. The van der Waals surface area contributed by atoms with Crippen molar-refractivity contribution in [2.75, 3.05) is 13.7 Å². The Morgan fingerprint density at radius 1 is 1.10 bits per heavy atom. The highest BCUT2D eigenvalue weighted by atomic mass is 35.5. The van der Waals surface area contributed by atoms with Gasteiger partial charge in [0.2, 0.25) is 0 Å². The predicted octanol–water partition coefficient (Wildman–Crippen LogP) is 3.07. The van der Waals surface area contributed by atoms with E-state index in [0.29, 0.717) is 16.9 Å². The van der Waals surface area contributed by atoms with Crippen molar-refractivity contribution in [2.24, 2.45) is 0 Å². The van der Waals surface area contributed by atoms with Crippen molar-refractivity contribution in [1.29, 1.82) is 0 Å². The van der Waals surface area contributed by atoms with E-state index in [0.717, 1.165) is 0 Å². The molecule has 0 saturated heterocycles. The van der Waals surface area contributed by atoms with Gasteiger partial charge in [-0.2, -0.15) is 0 Å². The van der Waals surface area contributed by atoms with E-state index in [4.69, 9.17) is 21.1 Å². The fraction of sp³-hybridized carbons (Fsp3) is 0.125. The lowest BCUT2D eigenvalue weighted by Gasteiger charge is -2.11. The van der Waals surface area contributed by atoms with Crippen molar-refractivity contribution in [1.82, 2.24) is 0 Å². The lowest BCUT2D eigenvalue weighted by atomic mass is 10.0. The van der Waals surface area contributed by atoms with Crippen molar-refractivity contribution in [3.05, 3.63) is 59.7 Å². The largest absolute Gasteiger partial charge is 0.497 e. The van der Waals surface area contributed by atoms with Crippen molar-refractivity contribution in [3.8, 4) is 11.5 Å². The summed E-state index contributed by atoms with van der Waals surface area (Å²) in [6.45, 7) is -0.316. The molecular formula is C16H13ClO4. The van der Waals surface area contributed by atoms with Gasteiger partial charge >= 0.3 is 0 Å². The Hall–Kier alpha value is -2.33. The van der Waals surface area contributed by atoms with E-state index in [1.807, 2.05) is 6.07 Å². The summed E-state index contributed by atoms with van der Waals surface area (Å²) < 4.78 is 10.4. The normalized spacial score (nSPS) is 10.0. The Balaban J connectivity index is 2.37. The number of methoxy groups -OCH3 is 1. The second-order valence-corrected chi connectivity index (χ2v) is 4.62. The number of carbonyl (C=O) groups excluding carboxylic acids is 2. The van der Waals surface area contributed by atoms with Gasteiger partial charge in [-0.05, 0) is 23.7 Å². The van der Waals surface area contributed by atoms with E-state index >= 15 is 0 Å². The van der Waals surface area contributed by atoms with Crippen LogP contribution in [0.2, 0.25) is 0 Å². The van der Waals surface area contributed by atoms with Crippen molar-refractivity contribution in [2.45, 2.75) is 0 Å². The molecule has 0 aliphatic rings. The predicted molar refractivity (Wildman–Crippen MR) is 79.2 cm³/mol. The Labute approximate surface area is 127 Å². The smallest absolute Gasteiger partial charge is 0.259 e. The summed E-state index contributed by atoms with van der Waals surface area (Å²) in [5.41, 5.74) is 0.879. The van der Waals surface area contributed by atoms with Crippen molar-refractivity contribution >= 4 is 22.6 Å². The lowest BCUT2D eigenvalue weighted by molar-refractivity contribution is -0.113. The summed E-state index contributed by atoms with van der Waals surface area (Å²) in [7, 11) is 1.50. The highest BCUT2D eigenvalue weighted by molar-refractivity contribution is 6.63. The maximum atomic E-state index is 12.5. The molecule has 5 heteroatoms. The summed E-state index contributed by atoms with van der Waals surface area (Å²) in [4.78, 5) is 23.3. The molecule has 0 unspecified atom stereocenters. The first-order valence-corrected chi connectivity index (χ1v) is 6.58. The SMILES string of the molecule is COc1ccc(C(=O)c2ccccc2)c(OCC(=O)Cl)c1. The van der Waals surface area contributed by atoms with Gasteiger partial charge in [-0.3, -0.25) is 9.59 Å². The molecule has 0 saturated carbocycles. The summed E-state index contributed by atoms with van der Waals surface area (Å²) in [6.07, 6.45) is 0. The van der Waals surface area contributed by atoms with Crippen LogP contribution in [0.25, 0.3) is 0 Å². The molecule has 0 heterocycles. The molecule has 21 heavy (non-hydrogen) atoms. The quantitative estimate of drug-likeness (QED) is 0.608. The topological polar surface area (TPSA) is 52.6 Å². The van der Waals surface area contributed by atoms with Crippen LogP contribution in [0, 0.1) is 0 Å². The first-order valence-electron chi connectivity index (χ1n) is 6.20. The zero-order valence-electron chi connectivity index (χ0n) is 11.3. The monoisotopic (exact) mass is 304 g/mol. The molecule has 108 valence electrons. The van der Waals surface area contributed by atoms with Crippen LogP contribution in [0.3, 0.4) is 0 Å². The Morgan fingerprint density at radius 3 is 2.43 bits per heavy atom. The average molecular weight is 305 g/mol. The lowest BCUT2D eigenvalue weighted by Crippen LogP contribution is -2.09. The van der Waals surface area contributed by atoms with Crippen LogP contribution in [0.15, 0.2) is 48.5 Å². The van der Waals surface area contributed by atoms with Crippen LogP contribution in [-0.4, -0.2) is 24.7 Å². The molecule has 0 radical (unpaired) electrons. The van der Waals surface area contributed by atoms with Crippen molar-refractivity contribution < 1.29 is 19.1 Å². The number of ether oxygens (including phenoxy) is 2. The summed E-state index contributed by atoms with van der Waals surface area (Å²) >= 11 is 5.27. The summed E-state index contributed by atoms with van der Waals surface area (Å²) in [5, 5.41) is -0.643. The zero-order valence-corrected chi connectivity index (χ0v) is 12.1. The van der Waals surface area contributed by atoms with Gasteiger partial charge in [-0.1, -0.05) is 30.3 Å². The van der Waals surface area contributed by atoms with Gasteiger partial charge < -0.3 is 9.47 Å². The van der Waals surface area contributed by atoms with Gasteiger partial charge in [0.25, 0.3) is 5.24 Å². The van der Waals surface area contributed by atoms with Gasteiger partial charge in [0.1, 0.15) is 11.5 Å². The van der Waals surface area contributed by atoms with Crippen LogP contribution in [-0.2, 0) is 4.79 Å². The second-order valence-electron chi connectivity index (χ2n) is 4.20. The minimum atomic E-state index is -0.643. The summed E-state index contributed by atoms with van der Waals surface area (Å²) in [6, 6.07) is 13.6. The van der Waals surface area contributed by atoms with E-state index in [2.05, 4.69) is 0 Å². The number of ketones is 1. The zero-order chi connectivity index (χ0) is 15.2. The molecular weight excluding hydrogens is 292 g/mol. The molecule has 2 rings (SSSR count). The van der Waals surface area contributed by atoms with E-state index < -0.39 is 5.24 Å². The van der Waals surface area contributed by atoms with Gasteiger partial charge in [0.15, 0.2) is 12.4 Å². The fourth-order valence-electron chi connectivity index (χ4n) is 1.82. The van der Waals surface area contributed by atoms with Crippen LogP contribution in [0.4, 0.5) is 0 Å². The van der Waals surface area contributed by atoms with E-state index in [-0.39, 0.29) is 18.1 Å². The Bertz CT molecular complexity index is 653. The molecule has 0 aliphatic heterocycles. The number of hydrogen-bond acceptors (Lipinski definition) is 4. The van der Waals surface area contributed by atoms with Gasteiger partial charge in [-0.25, -0.2) is 0 Å². The molecule has 0 atom stereocenters. The van der Waals surface area contributed by atoms with E-state index in [1.165, 1.54) is 7.11 Å². The summed E-state index contributed by atoms with van der Waals surface area (Å²) in [5.74, 6) is 0.587. The second kappa shape index (κ2) is 6.90. The molecule has 2 aromatic carbocycles. The Morgan fingerprint density at radius 2 is 1.81 bits per heavy atom. The van der Waals surface area contributed by atoms with Crippen molar-refractivity contribution in [3.63, 3.8) is 0 Å². The third kappa shape index (κ3) is 3.83. The van der Waals surface area contributed by atoms with Crippen LogP contribution in [0.5, 0.6) is 11.5 Å². The molecule has 0 aromatic heterocycles. The first-order chi connectivity index (χ1) is 10.1. The van der Waals surface area contributed by atoms with Gasteiger partial charge in [-0.15, -0.1) is 0 Å². The molecule has 2 aromatic rings. The number of rotatable bonds is 6. The number of hydrogen-bond donors (Lipinski definition) is 0. The molecule has 0 N–H and O–H groups in total. The third-order valence-corrected chi connectivity index (χ3v) is 2.92. The van der Waals surface area contributed by atoms with Gasteiger partial charge in [0, 0.05) is 11.6 Å². The Kier molecular flexibility index (Phi) is 4.95. The molecule has 0 bridgehead atoms. The molecule has 4 nitrogen and oxygen atoms in total. The van der Waals surface area contributed by atoms with Gasteiger partial charge in [0.05, 0.1) is 12.7 Å². The standard InChI is InChI=1S/C16H13ClO4/c1-20-12-7-8-13(14(9-12)21-10-15(17)18)16(19)11-5-3-2-4-6-11/h2-9H,10H2,1H3. The molecule has 0 amide bonds. The molecule has 0 aliphatic carbocycles. The third-order valence-electron chi connectivity index (χ3n) is 2.81. The highest BCUT2D eigenvalue weighted by Crippen LogP contribution is 2.27. The molecule has 0 fully saturated rings. The average Bonchev–Trinajstić information content (AvgIpc) is 2.52. The van der Waals surface area contributed by atoms with Crippen LogP contribution < -0.4 is 9.47 Å².